The van der Waals surface area contributed by atoms with Gasteiger partial charge in [-0.15, -0.1) is 0 Å². The van der Waals surface area contributed by atoms with Gasteiger partial charge in [0.1, 0.15) is 11.9 Å². The number of rotatable bonds is 2. The Balaban J connectivity index is 2.65. The minimum absolute atomic E-state index is 0.0729. The van der Waals surface area contributed by atoms with Crippen molar-refractivity contribution < 1.29 is 14.3 Å². The van der Waals surface area contributed by atoms with Crippen LogP contribution < -0.4 is 0 Å². The highest BCUT2D eigenvalue weighted by molar-refractivity contribution is 5.93. The van der Waals surface area contributed by atoms with Crippen molar-refractivity contribution >= 4 is 5.78 Å². The van der Waals surface area contributed by atoms with Crippen molar-refractivity contribution in [2.24, 2.45) is 0 Å². The monoisotopic (exact) mass is 142 g/mol. The fraction of sp³-hybridized carbons (Fsp3) is 0.571. The van der Waals surface area contributed by atoms with E-state index in [0.717, 1.165) is 0 Å². The lowest BCUT2D eigenvalue weighted by Gasteiger charge is -2.09. The van der Waals surface area contributed by atoms with E-state index in [-0.39, 0.29) is 11.9 Å². The summed E-state index contributed by atoms with van der Waals surface area (Å²) in [5.41, 5.74) is 0. The molecule has 0 unspecified atom stereocenters. The highest BCUT2D eigenvalue weighted by Gasteiger charge is 2.24. The molecule has 0 aromatic heterocycles. The Hall–Kier alpha value is -0.830. The van der Waals surface area contributed by atoms with E-state index >= 15 is 0 Å². The summed E-state index contributed by atoms with van der Waals surface area (Å²) in [6.45, 7) is 0. The molecule has 0 spiro atoms. The predicted octanol–water partition coefficient (Wildman–Crippen LogP) is 0.504. The second-order valence-electron chi connectivity index (χ2n) is 2.15. The van der Waals surface area contributed by atoms with Crippen molar-refractivity contribution in [2.75, 3.05) is 14.2 Å². The first-order valence-corrected chi connectivity index (χ1v) is 3.09. The molecule has 0 aromatic carbocycles. The summed E-state index contributed by atoms with van der Waals surface area (Å²) in [5.74, 6) is 0.705. The quantitative estimate of drug-likeness (QED) is 0.563. The van der Waals surface area contributed by atoms with E-state index in [0.29, 0.717) is 12.2 Å². The SMILES string of the molecule is COC1=CC(=O)C[C@@H]1OC. The average molecular weight is 142 g/mol. The molecule has 10 heavy (non-hydrogen) atoms. The highest BCUT2D eigenvalue weighted by atomic mass is 16.5. The summed E-state index contributed by atoms with van der Waals surface area (Å²) in [6.07, 6.45) is 1.74. The van der Waals surface area contributed by atoms with Gasteiger partial charge >= 0.3 is 0 Å². The molecular formula is C7H10O3. The summed E-state index contributed by atoms with van der Waals surface area (Å²) in [4.78, 5) is 10.7. The molecule has 0 bridgehead atoms. The van der Waals surface area contributed by atoms with Gasteiger partial charge in [-0.2, -0.15) is 0 Å². The average Bonchev–Trinajstić information content (AvgIpc) is 2.30. The lowest BCUT2D eigenvalue weighted by molar-refractivity contribution is -0.115. The third kappa shape index (κ3) is 1.19. The van der Waals surface area contributed by atoms with Crippen molar-refractivity contribution in [1.29, 1.82) is 0 Å². The van der Waals surface area contributed by atoms with Crippen molar-refractivity contribution in [1.82, 2.24) is 0 Å². The van der Waals surface area contributed by atoms with E-state index in [1.54, 1.807) is 7.11 Å². The number of ketones is 1. The number of carbonyl (C=O) groups is 1. The first kappa shape index (κ1) is 7.28. The van der Waals surface area contributed by atoms with Crippen LogP contribution in [-0.2, 0) is 14.3 Å². The summed E-state index contributed by atoms with van der Waals surface area (Å²) in [5, 5.41) is 0. The van der Waals surface area contributed by atoms with Crippen LogP contribution in [0.3, 0.4) is 0 Å². The number of hydrogen-bond acceptors (Lipinski definition) is 3. The van der Waals surface area contributed by atoms with Gasteiger partial charge in [-0.1, -0.05) is 0 Å². The van der Waals surface area contributed by atoms with E-state index in [1.165, 1.54) is 13.2 Å². The Morgan fingerprint density at radius 3 is 2.70 bits per heavy atom. The minimum Gasteiger partial charge on any atom is -0.498 e. The molecule has 0 saturated heterocycles. The van der Waals surface area contributed by atoms with Gasteiger partial charge < -0.3 is 9.47 Å². The molecule has 0 saturated carbocycles. The molecule has 0 aromatic rings. The molecule has 56 valence electrons. The van der Waals surface area contributed by atoms with Gasteiger partial charge in [0.2, 0.25) is 0 Å². The van der Waals surface area contributed by atoms with E-state index in [2.05, 4.69) is 0 Å². The molecule has 1 rings (SSSR count). The number of ether oxygens (including phenoxy) is 2. The van der Waals surface area contributed by atoms with E-state index < -0.39 is 0 Å². The predicted molar refractivity (Wildman–Crippen MR) is 35.5 cm³/mol. The Bertz CT molecular complexity index is 172. The number of carbonyl (C=O) groups excluding carboxylic acids is 1. The molecule has 0 fully saturated rings. The van der Waals surface area contributed by atoms with Crippen LogP contribution in [-0.4, -0.2) is 26.1 Å². The number of hydrogen-bond donors (Lipinski definition) is 0. The molecule has 1 aliphatic rings. The van der Waals surface area contributed by atoms with Crippen molar-refractivity contribution in [2.45, 2.75) is 12.5 Å². The topological polar surface area (TPSA) is 35.5 Å². The van der Waals surface area contributed by atoms with Crippen LogP contribution in [0.5, 0.6) is 0 Å². The highest BCUT2D eigenvalue weighted by Crippen LogP contribution is 2.18. The van der Waals surface area contributed by atoms with Crippen molar-refractivity contribution in [3.63, 3.8) is 0 Å². The standard InChI is InChI=1S/C7H10O3/c1-9-6-3-5(8)4-7(6)10-2/h3,7H,4H2,1-2H3/t7-/m0/s1. The third-order valence-corrected chi connectivity index (χ3v) is 1.53. The fourth-order valence-electron chi connectivity index (χ4n) is 0.984. The van der Waals surface area contributed by atoms with E-state index in [1.807, 2.05) is 0 Å². The normalized spacial score (nSPS) is 24.8. The van der Waals surface area contributed by atoms with Crippen LogP contribution >= 0.6 is 0 Å². The summed E-state index contributed by atoms with van der Waals surface area (Å²) in [7, 11) is 3.10. The Labute approximate surface area is 59.6 Å². The lowest BCUT2D eigenvalue weighted by Crippen LogP contribution is -2.11. The molecule has 1 aliphatic carbocycles. The lowest BCUT2D eigenvalue weighted by atomic mass is 10.3. The van der Waals surface area contributed by atoms with Crippen LogP contribution in [0.25, 0.3) is 0 Å². The minimum atomic E-state index is -0.155. The second-order valence-corrected chi connectivity index (χ2v) is 2.15. The zero-order valence-corrected chi connectivity index (χ0v) is 6.09. The second kappa shape index (κ2) is 2.84. The summed E-state index contributed by atoms with van der Waals surface area (Å²) < 4.78 is 9.87. The first-order valence-electron chi connectivity index (χ1n) is 3.09. The van der Waals surface area contributed by atoms with Crippen LogP contribution in [0, 0.1) is 0 Å². The van der Waals surface area contributed by atoms with Gasteiger partial charge in [-0.3, -0.25) is 4.79 Å². The summed E-state index contributed by atoms with van der Waals surface area (Å²) >= 11 is 0. The van der Waals surface area contributed by atoms with Gasteiger partial charge in [-0.05, 0) is 0 Å². The Morgan fingerprint density at radius 2 is 2.30 bits per heavy atom. The van der Waals surface area contributed by atoms with Gasteiger partial charge in [0.25, 0.3) is 0 Å². The van der Waals surface area contributed by atoms with Crippen LogP contribution in [0.2, 0.25) is 0 Å². The van der Waals surface area contributed by atoms with Gasteiger partial charge in [0, 0.05) is 19.6 Å². The van der Waals surface area contributed by atoms with Gasteiger partial charge in [0.15, 0.2) is 5.78 Å². The molecule has 3 heteroatoms. The van der Waals surface area contributed by atoms with Gasteiger partial charge in [0.05, 0.1) is 7.11 Å². The van der Waals surface area contributed by atoms with Crippen LogP contribution in [0.4, 0.5) is 0 Å². The maximum Gasteiger partial charge on any atom is 0.162 e. The van der Waals surface area contributed by atoms with Crippen molar-refractivity contribution in [3.05, 3.63) is 11.8 Å². The smallest absolute Gasteiger partial charge is 0.162 e. The van der Waals surface area contributed by atoms with E-state index in [9.17, 15) is 4.79 Å². The van der Waals surface area contributed by atoms with Crippen LogP contribution in [0.1, 0.15) is 6.42 Å². The molecule has 0 aliphatic heterocycles. The number of allylic oxidation sites excluding steroid dienone is 1. The summed E-state index contributed by atoms with van der Waals surface area (Å²) in [6, 6.07) is 0. The van der Waals surface area contributed by atoms with E-state index in [4.69, 9.17) is 9.47 Å². The maximum absolute atomic E-state index is 10.7. The van der Waals surface area contributed by atoms with Gasteiger partial charge in [-0.25, -0.2) is 0 Å². The molecule has 0 N–H and O–H groups in total. The zero-order chi connectivity index (χ0) is 7.56. The van der Waals surface area contributed by atoms with Crippen molar-refractivity contribution in [3.8, 4) is 0 Å². The Morgan fingerprint density at radius 1 is 1.60 bits per heavy atom. The maximum atomic E-state index is 10.7. The molecule has 0 amide bonds. The first-order chi connectivity index (χ1) is 4.77. The molecule has 0 radical (unpaired) electrons. The number of methoxy groups -OCH3 is 2. The molecule has 1 atom stereocenters. The Kier molecular flexibility index (Phi) is 2.06. The molecule has 0 heterocycles. The molecule has 3 nitrogen and oxygen atoms in total. The largest absolute Gasteiger partial charge is 0.498 e. The third-order valence-electron chi connectivity index (χ3n) is 1.53. The molecular weight excluding hydrogens is 132 g/mol. The van der Waals surface area contributed by atoms with Crippen LogP contribution in [0.15, 0.2) is 11.8 Å². The fourth-order valence-corrected chi connectivity index (χ4v) is 0.984. The zero-order valence-electron chi connectivity index (χ0n) is 6.09.